The molecule has 0 aliphatic rings. The fourth-order valence-corrected chi connectivity index (χ4v) is 3.02. The van der Waals surface area contributed by atoms with Gasteiger partial charge < -0.3 is 16.0 Å². The number of nitrogens with one attached hydrogen (secondary N) is 4. The second-order valence-electron chi connectivity index (χ2n) is 7.79. The number of nitrogens with zero attached hydrogens (tertiary/aromatic N) is 3. The van der Waals surface area contributed by atoms with E-state index in [4.69, 9.17) is 0 Å². The van der Waals surface area contributed by atoms with Gasteiger partial charge in [-0.3, -0.25) is 9.89 Å². The number of benzene rings is 1. The summed E-state index contributed by atoms with van der Waals surface area (Å²) >= 11 is 0. The standard InChI is InChI=1S/C22H29N7O/c1-6-23-21(30)22(4,5)27-17-9-7-8-16(12-17)13-19-24-11-10-18(25-19)26-20-14(2)15(3)28-29-20/h7-12,27H,6,13H2,1-5H3,(H,23,30)(H2,24,25,26,28,29). The van der Waals surface area contributed by atoms with Crippen molar-refractivity contribution >= 4 is 23.2 Å². The van der Waals surface area contributed by atoms with Crippen molar-refractivity contribution in [3.8, 4) is 0 Å². The van der Waals surface area contributed by atoms with E-state index in [0.717, 1.165) is 28.3 Å². The number of aromatic nitrogens is 4. The lowest BCUT2D eigenvalue weighted by Crippen LogP contribution is -2.47. The van der Waals surface area contributed by atoms with Gasteiger partial charge in [0.25, 0.3) is 0 Å². The molecule has 0 radical (unpaired) electrons. The van der Waals surface area contributed by atoms with Gasteiger partial charge in [-0.25, -0.2) is 9.97 Å². The van der Waals surface area contributed by atoms with E-state index in [1.165, 1.54) is 0 Å². The summed E-state index contributed by atoms with van der Waals surface area (Å²) in [7, 11) is 0. The zero-order valence-electron chi connectivity index (χ0n) is 18.1. The Morgan fingerprint density at radius 3 is 2.70 bits per heavy atom. The average Bonchev–Trinajstić information content (AvgIpc) is 3.00. The van der Waals surface area contributed by atoms with Crippen LogP contribution in [0, 0.1) is 13.8 Å². The molecule has 0 atom stereocenters. The maximum absolute atomic E-state index is 12.3. The second kappa shape index (κ2) is 8.94. The first kappa shape index (κ1) is 21.3. The summed E-state index contributed by atoms with van der Waals surface area (Å²) in [5.41, 5.74) is 3.29. The van der Waals surface area contributed by atoms with Gasteiger partial charge in [0, 0.05) is 36.1 Å². The van der Waals surface area contributed by atoms with Crippen LogP contribution in [0.25, 0.3) is 0 Å². The summed E-state index contributed by atoms with van der Waals surface area (Å²) in [6.45, 7) is 10.2. The average molecular weight is 408 g/mol. The Bertz CT molecular complexity index is 1030. The predicted octanol–water partition coefficient (Wildman–Crippen LogP) is 3.48. The van der Waals surface area contributed by atoms with Crippen LogP contribution in [-0.2, 0) is 11.2 Å². The highest BCUT2D eigenvalue weighted by atomic mass is 16.2. The molecule has 0 aliphatic carbocycles. The molecule has 2 aromatic heterocycles. The molecule has 3 rings (SSSR count). The highest BCUT2D eigenvalue weighted by Gasteiger charge is 2.26. The van der Waals surface area contributed by atoms with Crippen molar-refractivity contribution < 1.29 is 4.79 Å². The molecule has 0 bridgehead atoms. The molecule has 8 heteroatoms. The van der Waals surface area contributed by atoms with Crippen LogP contribution in [0.1, 0.15) is 43.4 Å². The molecule has 4 N–H and O–H groups in total. The molecule has 2 heterocycles. The number of rotatable bonds is 8. The molecule has 1 aromatic carbocycles. The molecule has 0 saturated carbocycles. The third kappa shape index (κ3) is 5.14. The summed E-state index contributed by atoms with van der Waals surface area (Å²) in [6.07, 6.45) is 2.31. The normalized spacial score (nSPS) is 11.2. The number of aryl methyl sites for hydroxylation is 1. The quantitative estimate of drug-likeness (QED) is 0.455. The lowest BCUT2D eigenvalue weighted by Gasteiger charge is -2.26. The maximum Gasteiger partial charge on any atom is 0.245 e. The number of anilines is 3. The molecule has 158 valence electrons. The molecule has 1 amide bonds. The van der Waals surface area contributed by atoms with E-state index in [-0.39, 0.29) is 5.91 Å². The van der Waals surface area contributed by atoms with Gasteiger partial charge >= 0.3 is 0 Å². The van der Waals surface area contributed by atoms with Crippen LogP contribution < -0.4 is 16.0 Å². The minimum absolute atomic E-state index is 0.0404. The summed E-state index contributed by atoms with van der Waals surface area (Å²) in [6, 6.07) is 9.77. The maximum atomic E-state index is 12.3. The fourth-order valence-electron chi connectivity index (χ4n) is 3.02. The van der Waals surface area contributed by atoms with Crippen LogP contribution in [0.2, 0.25) is 0 Å². The van der Waals surface area contributed by atoms with Gasteiger partial charge in [0.2, 0.25) is 5.91 Å². The third-order valence-corrected chi connectivity index (χ3v) is 4.86. The molecule has 0 aliphatic heterocycles. The second-order valence-corrected chi connectivity index (χ2v) is 7.79. The molecule has 0 fully saturated rings. The molecule has 8 nitrogen and oxygen atoms in total. The Hall–Kier alpha value is -3.42. The predicted molar refractivity (Wildman–Crippen MR) is 119 cm³/mol. The van der Waals surface area contributed by atoms with Gasteiger partial charge in [-0.1, -0.05) is 12.1 Å². The summed E-state index contributed by atoms with van der Waals surface area (Å²) in [5, 5.41) is 16.6. The van der Waals surface area contributed by atoms with Crippen LogP contribution >= 0.6 is 0 Å². The van der Waals surface area contributed by atoms with E-state index < -0.39 is 5.54 Å². The first-order chi connectivity index (χ1) is 14.3. The van der Waals surface area contributed by atoms with Crippen LogP contribution in [0.15, 0.2) is 36.5 Å². The van der Waals surface area contributed by atoms with Crippen LogP contribution in [0.5, 0.6) is 0 Å². The first-order valence-electron chi connectivity index (χ1n) is 10.0. The minimum atomic E-state index is -0.714. The van der Waals surface area contributed by atoms with Crippen molar-refractivity contribution in [2.75, 3.05) is 17.2 Å². The molecule has 30 heavy (non-hydrogen) atoms. The lowest BCUT2D eigenvalue weighted by molar-refractivity contribution is -0.124. The van der Waals surface area contributed by atoms with Crippen molar-refractivity contribution in [3.63, 3.8) is 0 Å². The van der Waals surface area contributed by atoms with E-state index in [1.54, 1.807) is 6.20 Å². The highest BCUT2D eigenvalue weighted by Crippen LogP contribution is 2.20. The Labute approximate surface area is 176 Å². The number of likely N-dealkylation sites (N-methyl/N-ethyl adjacent to an activating group) is 1. The summed E-state index contributed by atoms with van der Waals surface area (Å²) in [4.78, 5) is 21.3. The van der Waals surface area contributed by atoms with Gasteiger partial charge in [-0.05, 0) is 58.4 Å². The van der Waals surface area contributed by atoms with Crippen LogP contribution in [0.3, 0.4) is 0 Å². The molecule has 0 saturated heterocycles. The third-order valence-electron chi connectivity index (χ3n) is 4.86. The Kier molecular flexibility index (Phi) is 6.34. The van der Waals surface area contributed by atoms with Crippen LogP contribution in [-0.4, -0.2) is 38.2 Å². The Morgan fingerprint density at radius 1 is 1.20 bits per heavy atom. The molecule has 0 unspecified atom stereocenters. The summed E-state index contributed by atoms with van der Waals surface area (Å²) in [5.74, 6) is 2.11. The van der Waals surface area contributed by atoms with Gasteiger partial charge in [-0.15, -0.1) is 0 Å². The van der Waals surface area contributed by atoms with Crippen molar-refractivity contribution in [1.82, 2.24) is 25.5 Å². The number of hydrogen-bond donors (Lipinski definition) is 4. The largest absolute Gasteiger partial charge is 0.372 e. The topological polar surface area (TPSA) is 108 Å². The molecular formula is C22H29N7O. The number of H-pyrrole nitrogens is 1. The highest BCUT2D eigenvalue weighted by molar-refractivity contribution is 5.88. The number of hydrogen-bond acceptors (Lipinski definition) is 6. The zero-order chi connectivity index (χ0) is 21.7. The van der Waals surface area contributed by atoms with Gasteiger partial charge in [0.05, 0.1) is 0 Å². The van der Waals surface area contributed by atoms with Crippen molar-refractivity contribution in [2.24, 2.45) is 0 Å². The Morgan fingerprint density at radius 2 is 2.00 bits per heavy atom. The molecular weight excluding hydrogens is 378 g/mol. The van der Waals surface area contributed by atoms with Crippen molar-refractivity contribution in [3.05, 3.63) is 59.2 Å². The monoisotopic (exact) mass is 407 g/mol. The SMILES string of the molecule is CCNC(=O)C(C)(C)Nc1cccc(Cc2nccc(Nc3n[nH]c(C)c3C)n2)c1. The first-order valence-corrected chi connectivity index (χ1v) is 10.0. The fraction of sp³-hybridized carbons (Fsp3) is 0.364. The minimum Gasteiger partial charge on any atom is -0.372 e. The zero-order valence-corrected chi connectivity index (χ0v) is 18.1. The smallest absolute Gasteiger partial charge is 0.245 e. The number of carbonyl (C=O) groups excluding carboxylic acids is 1. The van der Waals surface area contributed by atoms with Gasteiger partial charge in [-0.2, -0.15) is 5.10 Å². The number of aromatic amines is 1. The van der Waals surface area contributed by atoms with E-state index in [1.807, 2.05) is 65.0 Å². The van der Waals surface area contributed by atoms with Crippen molar-refractivity contribution in [2.45, 2.75) is 46.6 Å². The van der Waals surface area contributed by atoms with E-state index in [2.05, 4.69) is 36.1 Å². The Balaban J connectivity index is 1.72. The van der Waals surface area contributed by atoms with Crippen LogP contribution in [0.4, 0.5) is 17.3 Å². The lowest BCUT2D eigenvalue weighted by atomic mass is 10.0. The number of carbonyl (C=O) groups is 1. The summed E-state index contributed by atoms with van der Waals surface area (Å²) < 4.78 is 0. The molecule has 3 aromatic rings. The van der Waals surface area contributed by atoms with E-state index in [9.17, 15) is 4.79 Å². The number of amides is 1. The van der Waals surface area contributed by atoms with Gasteiger partial charge in [0.15, 0.2) is 5.82 Å². The van der Waals surface area contributed by atoms with Crippen molar-refractivity contribution in [1.29, 1.82) is 0 Å². The van der Waals surface area contributed by atoms with Gasteiger partial charge in [0.1, 0.15) is 17.2 Å². The molecule has 0 spiro atoms. The van der Waals surface area contributed by atoms with E-state index in [0.29, 0.717) is 24.6 Å². The van der Waals surface area contributed by atoms with E-state index >= 15 is 0 Å².